The van der Waals surface area contributed by atoms with Crippen LogP contribution in [0, 0.1) is 5.82 Å². The van der Waals surface area contributed by atoms with E-state index in [0.29, 0.717) is 11.3 Å². The summed E-state index contributed by atoms with van der Waals surface area (Å²) in [7, 11) is -5.49. The number of anilines is 2. The van der Waals surface area contributed by atoms with Crippen LogP contribution in [-0.2, 0) is 16.6 Å². The maximum Gasteiger partial charge on any atom is 0.516 e. The number of halogens is 4. The predicted octanol–water partition coefficient (Wildman–Crippen LogP) is 3.25. The van der Waals surface area contributed by atoms with E-state index < -0.39 is 27.3 Å². The number of hydrogen-bond acceptors (Lipinski definition) is 3. The Kier molecular flexibility index (Phi) is 3.94. The Bertz CT molecular complexity index is 940. The fourth-order valence-corrected chi connectivity index (χ4v) is 2.93. The molecule has 0 unspecified atom stereocenters. The van der Waals surface area contributed by atoms with Crippen LogP contribution >= 0.6 is 0 Å². The zero-order valence-electron chi connectivity index (χ0n) is 12.3. The molecule has 1 N–H and O–H groups in total. The first-order valence-electron chi connectivity index (χ1n) is 6.88. The summed E-state index contributed by atoms with van der Waals surface area (Å²) in [5.74, 6) is -1.11. The molecule has 2 aromatic rings. The van der Waals surface area contributed by atoms with Crippen molar-refractivity contribution >= 4 is 27.3 Å². The molecule has 1 aliphatic heterocycles. The topological polar surface area (TPSA) is 66.5 Å². The maximum absolute atomic E-state index is 13.5. The average Bonchev–Trinajstić information content (AvgIpc) is 2.52. The van der Waals surface area contributed by atoms with Crippen LogP contribution in [0.1, 0.15) is 15.9 Å². The van der Waals surface area contributed by atoms with E-state index in [9.17, 15) is 30.8 Å². The molecule has 1 aliphatic rings. The number of nitrogens with zero attached hydrogens (tertiary/aromatic N) is 1. The maximum atomic E-state index is 13.5. The molecule has 1 heterocycles. The van der Waals surface area contributed by atoms with E-state index in [1.54, 1.807) is 6.07 Å². The summed E-state index contributed by atoms with van der Waals surface area (Å²) >= 11 is 0. The van der Waals surface area contributed by atoms with Crippen LogP contribution in [0.3, 0.4) is 0 Å². The molecule has 0 aliphatic carbocycles. The summed E-state index contributed by atoms with van der Waals surface area (Å²) in [4.78, 5) is 13.2. The fourth-order valence-electron chi connectivity index (χ4n) is 2.37. The number of carbonyl (C=O) groups excluding carboxylic acids is 1. The van der Waals surface area contributed by atoms with Crippen molar-refractivity contribution in [2.24, 2.45) is 0 Å². The van der Waals surface area contributed by atoms with Gasteiger partial charge in [0, 0.05) is 5.69 Å². The SMILES string of the molecule is O=C1c2c(F)cccc2N1Cc1ccc(NS(=O)(=O)C(F)(F)F)cc1. The monoisotopic (exact) mass is 374 g/mol. The third kappa shape index (κ3) is 3.04. The van der Waals surface area contributed by atoms with E-state index in [0.717, 1.165) is 12.1 Å². The number of sulfonamides is 1. The van der Waals surface area contributed by atoms with Crippen molar-refractivity contribution in [3.05, 3.63) is 59.4 Å². The smallest absolute Gasteiger partial charge is 0.303 e. The van der Waals surface area contributed by atoms with Crippen LogP contribution < -0.4 is 9.62 Å². The molecule has 0 aromatic heterocycles. The van der Waals surface area contributed by atoms with E-state index >= 15 is 0 Å². The normalized spacial score (nSPS) is 14.1. The summed E-state index contributed by atoms with van der Waals surface area (Å²) in [5.41, 5.74) is -4.71. The first kappa shape index (κ1) is 17.2. The fraction of sp³-hybridized carbons (Fsp3) is 0.133. The number of hydrogen-bond donors (Lipinski definition) is 1. The highest BCUT2D eigenvalue weighted by atomic mass is 32.2. The van der Waals surface area contributed by atoms with Gasteiger partial charge in [0.15, 0.2) is 0 Å². The molecule has 0 saturated heterocycles. The van der Waals surface area contributed by atoms with Gasteiger partial charge in [0.1, 0.15) is 5.82 Å². The molecule has 5 nitrogen and oxygen atoms in total. The highest BCUT2D eigenvalue weighted by Crippen LogP contribution is 2.35. The van der Waals surface area contributed by atoms with Crippen LogP contribution in [0.5, 0.6) is 0 Å². The Morgan fingerprint density at radius 1 is 1.04 bits per heavy atom. The van der Waals surface area contributed by atoms with Crippen molar-refractivity contribution in [2.75, 3.05) is 9.62 Å². The van der Waals surface area contributed by atoms with E-state index in [2.05, 4.69) is 0 Å². The summed E-state index contributed by atoms with van der Waals surface area (Å²) in [6, 6.07) is 9.26. The lowest BCUT2D eigenvalue weighted by atomic mass is 10.0. The molecule has 0 radical (unpaired) electrons. The van der Waals surface area contributed by atoms with Crippen molar-refractivity contribution in [3.63, 3.8) is 0 Å². The van der Waals surface area contributed by atoms with Crippen LogP contribution in [0.25, 0.3) is 0 Å². The molecular weight excluding hydrogens is 364 g/mol. The minimum Gasteiger partial charge on any atom is -0.303 e. The lowest BCUT2D eigenvalue weighted by Gasteiger charge is -2.33. The van der Waals surface area contributed by atoms with Crippen LogP contribution in [-0.4, -0.2) is 19.8 Å². The zero-order chi connectivity index (χ0) is 18.4. The molecular formula is C15H10F4N2O3S. The number of alkyl halides is 3. The third-order valence-electron chi connectivity index (χ3n) is 3.59. The van der Waals surface area contributed by atoms with Crippen molar-refractivity contribution in [2.45, 2.75) is 12.1 Å². The van der Waals surface area contributed by atoms with E-state index in [-0.39, 0.29) is 17.8 Å². The average molecular weight is 374 g/mol. The molecule has 10 heteroatoms. The second kappa shape index (κ2) is 5.73. The minimum absolute atomic E-state index is 0.00272. The molecule has 0 bridgehead atoms. The molecule has 0 saturated carbocycles. The largest absolute Gasteiger partial charge is 0.516 e. The van der Waals surface area contributed by atoms with Gasteiger partial charge in [-0.25, -0.2) is 4.39 Å². The first-order chi connectivity index (χ1) is 11.6. The number of rotatable bonds is 4. The van der Waals surface area contributed by atoms with Gasteiger partial charge in [-0.15, -0.1) is 0 Å². The van der Waals surface area contributed by atoms with E-state index in [4.69, 9.17) is 0 Å². The molecule has 0 atom stereocenters. The zero-order valence-corrected chi connectivity index (χ0v) is 13.2. The Balaban J connectivity index is 1.74. The van der Waals surface area contributed by atoms with Gasteiger partial charge in [0.2, 0.25) is 0 Å². The summed E-state index contributed by atoms with van der Waals surface area (Å²) in [6.45, 7) is 0.0849. The highest BCUT2D eigenvalue weighted by Gasteiger charge is 2.46. The van der Waals surface area contributed by atoms with Crippen LogP contribution in [0.2, 0.25) is 0 Å². The van der Waals surface area contributed by atoms with Gasteiger partial charge in [0.05, 0.1) is 17.8 Å². The number of nitrogens with one attached hydrogen (secondary N) is 1. The minimum atomic E-state index is -5.49. The number of carbonyl (C=O) groups is 1. The molecule has 1 amide bonds. The molecule has 0 spiro atoms. The summed E-state index contributed by atoms with van der Waals surface area (Å²) < 4.78 is 73.9. The molecule has 0 fully saturated rings. The standard InChI is InChI=1S/C15H10F4N2O3S/c16-11-2-1-3-12-13(11)14(22)21(12)8-9-4-6-10(7-5-9)20-25(23,24)15(17,18)19/h1-7,20H,8H2. The van der Waals surface area contributed by atoms with Gasteiger partial charge < -0.3 is 4.90 Å². The summed E-state index contributed by atoms with van der Waals surface area (Å²) in [6.07, 6.45) is 0. The Morgan fingerprint density at radius 3 is 2.28 bits per heavy atom. The third-order valence-corrected chi connectivity index (χ3v) is 4.71. The van der Waals surface area contributed by atoms with Gasteiger partial charge in [0.25, 0.3) is 5.91 Å². The molecule has 3 rings (SSSR count). The van der Waals surface area contributed by atoms with Gasteiger partial charge in [-0.05, 0) is 29.8 Å². The quantitative estimate of drug-likeness (QED) is 0.836. The first-order valence-corrected chi connectivity index (χ1v) is 8.37. The second-order valence-electron chi connectivity index (χ2n) is 5.27. The van der Waals surface area contributed by atoms with Crippen LogP contribution in [0.4, 0.5) is 28.9 Å². The number of fused-ring (bicyclic) bond motifs is 1. The number of benzene rings is 2. The van der Waals surface area contributed by atoms with Gasteiger partial charge in [-0.2, -0.15) is 21.6 Å². The van der Waals surface area contributed by atoms with Crippen LogP contribution in [0.15, 0.2) is 42.5 Å². The number of amides is 1. The van der Waals surface area contributed by atoms with Crippen molar-refractivity contribution in [1.82, 2.24) is 0 Å². The lowest BCUT2D eigenvalue weighted by Crippen LogP contribution is -2.41. The second-order valence-corrected chi connectivity index (χ2v) is 6.95. The molecule has 132 valence electrons. The van der Waals surface area contributed by atoms with Crippen molar-refractivity contribution in [3.8, 4) is 0 Å². The highest BCUT2D eigenvalue weighted by molar-refractivity contribution is 7.93. The Hall–Kier alpha value is -2.62. The van der Waals surface area contributed by atoms with E-state index in [1.165, 1.54) is 33.9 Å². The van der Waals surface area contributed by atoms with Crippen molar-refractivity contribution < 1.29 is 30.8 Å². The molecule has 2 aromatic carbocycles. The molecule has 25 heavy (non-hydrogen) atoms. The Labute approximate surface area is 139 Å². The van der Waals surface area contributed by atoms with Gasteiger partial charge in [-0.3, -0.25) is 9.52 Å². The predicted molar refractivity (Wildman–Crippen MR) is 82.0 cm³/mol. The van der Waals surface area contributed by atoms with Gasteiger partial charge in [-0.1, -0.05) is 18.2 Å². The van der Waals surface area contributed by atoms with Crippen molar-refractivity contribution in [1.29, 1.82) is 0 Å². The Morgan fingerprint density at radius 2 is 1.68 bits per heavy atom. The van der Waals surface area contributed by atoms with E-state index in [1.807, 2.05) is 0 Å². The summed E-state index contributed by atoms with van der Waals surface area (Å²) in [5, 5.41) is 0. The lowest BCUT2D eigenvalue weighted by molar-refractivity contribution is -0.0429. The van der Waals surface area contributed by atoms with Gasteiger partial charge >= 0.3 is 15.5 Å².